The van der Waals surface area contributed by atoms with Crippen LogP contribution in [0.15, 0.2) is 59.8 Å². The number of amides is 3. The van der Waals surface area contributed by atoms with E-state index in [1.165, 1.54) is 28.9 Å². The quantitative estimate of drug-likeness (QED) is 0.456. The molecule has 2 N–H and O–H groups in total. The Bertz CT molecular complexity index is 1200. The second kappa shape index (κ2) is 11.7. The maximum Gasteiger partial charge on any atom is 0.416 e. The highest BCUT2D eigenvalue weighted by Crippen LogP contribution is 2.35. The van der Waals surface area contributed by atoms with Crippen molar-refractivity contribution in [3.05, 3.63) is 81.5 Å². The predicted octanol–water partition coefficient (Wildman–Crippen LogP) is 5.27. The molecule has 11 heteroatoms. The second-order valence-electron chi connectivity index (χ2n) is 8.79. The van der Waals surface area contributed by atoms with E-state index in [1.807, 2.05) is 0 Å². The predicted molar refractivity (Wildman–Crippen MR) is 132 cm³/mol. The van der Waals surface area contributed by atoms with E-state index in [2.05, 4.69) is 5.32 Å². The first-order chi connectivity index (χ1) is 17.4. The molecule has 7 nitrogen and oxygen atoms in total. The van der Waals surface area contributed by atoms with Crippen molar-refractivity contribution in [2.45, 2.75) is 38.4 Å². The molecular formula is C26H27ClF3N3O4. The lowest BCUT2D eigenvalue weighted by molar-refractivity contribution is -0.137. The molecule has 0 aliphatic carbocycles. The first-order valence-corrected chi connectivity index (χ1v) is 11.9. The monoisotopic (exact) mass is 537 g/mol. The van der Waals surface area contributed by atoms with E-state index in [4.69, 9.17) is 11.6 Å². The van der Waals surface area contributed by atoms with Crippen molar-refractivity contribution >= 4 is 29.5 Å². The van der Waals surface area contributed by atoms with Gasteiger partial charge in [0.1, 0.15) is 0 Å². The highest BCUT2D eigenvalue weighted by atomic mass is 35.5. The lowest BCUT2D eigenvalue weighted by atomic mass is 9.93. The van der Waals surface area contributed by atoms with Gasteiger partial charge in [-0.2, -0.15) is 13.2 Å². The minimum Gasteiger partial charge on any atom is -0.478 e. The summed E-state index contributed by atoms with van der Waals surface area (Å²) in [6.45, 7) is 1.99. The van der Waals surface area contributed by atoms with Crippen molar-refractivity contribution in [2.24, 2.45) is 0 Å². The molecule has 3 rings (SSSR count). The summed E-state index contributed by atoms with van der Waals surface area (Å²) in [5.74, 6) is -1.36. The third kappa shape index (κ3) is 7.03. The molecule has 0 spiro atoms. The molecule has 1 unspecified atom stereocenters. The number of carbonyl (C=O) groups is 3. The smallest absolute Gasteiger partial charge is 0.416 e. The Labute approximate surface area is 217 Å². The second-order valence-corrected chi connectivity index (χ2v) is 9.22. The summed E-state index contributed by atoms with van der Waals surface area (Å²) in [5, 5.41) is 12.8. The summed E-state index contributed by atoms with van der Waals surface area (Å²) in [6, 6.07) is 10.0. The van der Waals surface area contributed by atoms with Crippen LogP contribution in [0, 0.1) is 0 Å². The molecule has 0 aromatic heterocycles. The average molecular weight is 538 g/mol. The van der Waals surface area contributed by atoms with E-state index in [0.717, 1.165) is 12.1 Å². The number of urea groups is 1. The number of alkyl halides is 3. The topological polar surface area (TPSA) is 90.0 Å². The normalized spacial score (nSPS) is 16.0. The zero-order valence-electron chi connectivity index (χ0n) is 20.3. The van der Waals surface area contributed by atoms with Gasteiger partial charge in [0.25, 0.3) is 0 Å². The Balaban J connectivity index is 1.62. The number of rotatable bonds is 9. The summed E-state index contributed by atoms with van der Waals surface area (Å²) in [6.07, 6.45) is -3.63. The van der Waals surface area contributed by atoms with E-state index in [0.29, 0.717) is 35.5 Å². The molecule has 1 heterocycles. The highest BCUT2D eigenvalue weighted by Gasteiger charge is 2.37. The molecule has 0 fully saturated rings. The molecule has 3 amide bonds. The summed E-state index contributed by atoms with van der Waals surface area (Å²) >= 11 is 6.12. The number of benzene rings is 2. The highest BCUT2D eigenvalue weighted by molar-refractivity contribution is 6.30. The molecule has 0 saturated heterocycles. The largest absolute Gasteiger partial charge is 0.478 e. The van der Waals surface area contributed by atoms with E-state index in [1.54, 1.807) is 31.3 Å². The number of carbonyl (C=O) groups excluding carboxylic acids is 2. The molecule has 0 bridgehead atoms. The number of allylic oxidation sites excluding steroid dienone is 1. The van der Waals surface area contributed by atoms with Gasteiger partial charge in [0.05, 0.1) is 17.2 Å². The van der Waals surface area contributed by atoms with Gasteiger partial charge in [0, 0.05) is 37.3 Å². The van der Waals surface area contributed by atoms with Crippen molar-refractivity contribution in [1.29, 1.82) is 0 Å². The van der Waals surface area contributed by atoms with Crippen LogP contribution in [0.4, 0.5) is 18.0 Å². The van der Waals surface area contributed by atoms with Crippen molar-refractivity contribution in [3.63, 3.8) is 0 Å². The van der Waals surface area contributed by atoms with Crippen LogP contribution in [0.5, 0.6) is 0 Å². The fourth-order valence-corrected chi connectivity index (χ4v) is 4.41. The van der Waals surface area contributed by atoms with Gasteiger partial charge in [-0.3, -0.25) is 4.79 Å². The maximum atomic E-state index is 12.8. The number of aliphatic carboxylic acids is 1. The van der Waals surface area contributed by atoms with Crippen LogP contribution in [0.1, 0.15) is 42.5 Å². The van der Waals surface area contributed by atoms with Gasteiger partial charge in [-0.05, 0) is 55.2 Å². The van der Waals surface area contributed by atoms with Gasteiger partial charge >= 0.3 is 18.2 Å². The van der Waals surface area contributed by atoms with E-state index in [-0.39, 0.29) is 30.1 Å². The standard InChI is InChI=1S/C26H27ClF3N3O4/c1-16-22(24(35)36)23(18-5-3-6-20(27)15-18)33(25(37)31-16)14-4-13-32(2)21(34)12-9-17-7-10-19(11-8-17)26(28,29)30/h3,5-8,10-11,15,23H,4,9,12-14H2,1-2H3,(H,31,37)(H,35,36). The summed E-state index contributed by atoms with van der Waals surface area (Å²) in [5.41, 5.74) is 0.707. The third-order valence-corrected chi connectivity index (χ3v) is 6.40. The van der Waals surface area contributed by atoms with Crippen LogP contribution in [-0.4, -0.2) is 53.0 Å². The Morgan fingerprint density at radius 2 is 1.84 bits per heavy atom. The van der Waals surface area contributed by atoms with Crippen molar-refractivity contribution in [2.75, 3.05) is 20.1 Å². The fraction of sp³-hybridized carbons (Fsp3) is 0.346. The van der Waals surface area contributed by atoms with Crippen LogP contribution in [0.3, 0.4) is 0 Å². The molecule has 37 heavy (non-hydrogen) atoms. The van der Waals surface area contributed by atoms with Gasteiger partial charge in [0.2, 0.25) is 5.91 Å². The van der Waals surface area contributed by atoms with E-state index in [9.17, 15) is 32.7 Å². The molecular weight excluding hydrogens is 511 g/mol. The number of nitrogens with zero attached hydrogens (tertiary/aromatic N) is 2. The van der Waals surface area contributed by atoms with Crippen molar-refractivity contribution in [1.82, 2.24) is 15.1 Å². The van der Waals surface area contributed by atoms with Gasteiger partial charge in [-0.15, -0.1) is 0 Å². The zero-order valence-corrected chi connectivity index (χ0v) is 21.1. The molecule has 2 aromatic rings. The Kier molecular flexibility index (Phi) is 8.85. The number of aryl methyl sites for hydroxylation is 1. The summed E-state index contributed by atoms with van der Waals surface area (Å²) < 4.78 is 38.1. The van der Waals surface area contributed by atoms with Gasteiger partial charge in [0.15, 0.2) is 0 Å². The summed E-state index contributed by atoms with van der Waals surface area (Å²) in [4.78, 5) is 40.3. The number of hydrogen-bond donors (Lipinski definition) is 2. The number of hydrogen-bond acceptors (Lipinski definition) is 3. The molecule has 0 radical (unpaired) electrons. The van der Waals surface area contributed by atoms with Crippen LogP contribution >= 0.6 is 11.6 Å². The molecule has 198 valence electrons. The van der Waals surface area contributed by atoms with E-state index < -0.39 is 29.8 Å². The lowest BCUT2D eigenvalue weighted by Crippen LogP contribution is -2.49. The van der Waals surface area contributed by atoms with Gasteiger partial charge < -0.3 is 20.2 Å². The minimum absolute atomic E-state index is 0.0304. The van der Waals surface area contributed by atoms with Crippen molar-refractivity contribution in [3.8, 4) is 0 Å². The minimum atomic E-state index is -4.41. The summed E-state index contributed by atoms with van der Waals surface area (Å²) in [7, 11) is 1.60. The van der Waals surface area contributed by atoms with Gasteiger partial charge in [-0.1, -0.05) is 35.9 Å². The van der Waals surface area contributed by atoms with Gasteiger partial charge in [-0.25, -0.2) is 9.59 Å². The lowest BCUT2D eigenvalue weighted by Gasteiger charge is -2.37. The third-order valence-electron chi connectivity index (χ3n) is 6.17. The Hall–Kier alpha value is -3.53. The molecule has 2 aromatic carbocycles. The van der Waals surface area contributed by atoms with Crippen LogP contribution in [0.2, 0.25) is 5.02 Å². The number of halogens is 4. The first kappa shape index (κ1) is 28.0. The molecule has 1 aliphatic heterocycles. The number of carboxylic acid groups (broad SMARTS) is 1. The zero-order chi connectivity index (χ0) is 27.3. The van der Waals surface area contributed by atoms with Crippen molar-refractivity contribution < 1.29 is 32.7 Å². The Morgan fingerprint density at radius 3 is 2.43 bits per heavy atom. The average Bonchev–Trinajstić information content (AvgIpc) is 2.82. The van der Waals surface area contributed by atoms with Crippen LogP contribution in [0.25, 0.3) is 0 Å². The SMILES string of the molecule is CC1=C(C(=O)O)C(c2cccc(Cl)c2)N(CCCN(C)C(=O)CCc2ccc(C(F)(F)F)cc2)C(=O)N1. The first-order valence-electron chi connectivity index (χ1n) is 11.6. The van der Waals surface area contributed by atoms with E-state index >= 15 is 0 Å². The Morgan fingerprint density at radius 1 is 1.16 bits per heavy atom. The number of carboxylic acids is 1. The molecule has 1 atom stereocenters. The van der Waals surface area contributed by atoms with Crippen LogP contribution in [-0.2, 0) is 22.2 Å². The van der Waals surface area contributed by atoms with Crippen LogP contribution < -0.4 is 5.32 Å². The fourth-order valence-electron chi connectivity index (χ4n) is 4.21. The molecule has 1 aliphatic rings. The molecule has 0 saturated carbocycles. The maximum absolute atomic E-state index is 12.8. The number of nitrogens with one attached hydrogen (secondary N) is 1.